The van der Waals surface area contributed by atoms with Crippen LogP contribution in [0.5, 0.6) is 0 Å². The van der Waals surface area contributed by atoms with Crippen LogP contribution in [0.15, 0.2) is 54.6 Å². The van der Waals surface area contributed by atoms with E-state index in [-0.39, 0.29) is 49.8 Å². The minimum atomic E-state index is -0.872. The van der Waals surface area contributed by atoms with E-state index in [2.05, 4.69) is 5.32 Å². The zero-order chi connectivity index (χ0) is 23.2. The van der Waals surface area contributed by atoms with Crippen molar-refractivity contribution in [2.75, 3.05) is 19.8 Å². The van der Waals surface area contributed by atoms with E-state index in [1.807, 2.05) is 30.3 Å². The van der Waals surface area contributed by atoms with Crippen LogP contribution in [0.3, 0.4) is 0 Å². The lowest BCUT2D eigenvalue weighted by molar-refractivity contribution is -0.151. The molecule has 2 aliphatic rings. The zero-order valence-corrected chi connectivity index (χ0v) is 18.4. The Morgan fingerprint density at radius 3 is 2.61 bits per heavy atom. The number of carbonyl (C=O) groups is 2. The van der Waals surface area contributed by atoms with Gasteiger partial charge in [0.05, 0.1) is 43.4 Å². The third-order valence-corrected chi connectivity index (χ3v) is 6.09. The van der Waals surface area contributed by atoms with Gasteiger partial charge in [0.2, 0.25) is 5.91 Å². The molecule has 0 unspecified atom stereocenters. The number of nitrogens with zero attached hydrogens (tertiary/aromatic N) is 1. The molecule has 176 valence electrons. The van der Waals surface area contributed by atoms with Crippen LogP contribution in [0.1, 0.15) is 35.2 Å². The van der Waals surface area contributed by atoms with Crippen LogP contribution < -0.4 is 5.32 Å². The Labute approximate surface area is 192 Å². The normalized spacial score (nSPS) is 25.5. The van der Waals surface area contributed by atoms with Gasteiger partial charge in [0.15, 0.2) is 0 Å². The SMILES string of the molecule is O=C(C[C@@H]1CC[C@@H]2[C@H](COC[C@@H](O)CN2C(=O)c2ccccc2F)O1)NCc1ccccc1. The highest BCUT2D eigenvalue weighted by molar-refractivity contribution is 5.94. The molecule has 2 saturated heterocycles. The molecule has 4 rings (SSSR count). The highest BCUT2D eigenvalue weighted by atomic mass is 19.1. The van der Waals surface area contributed by atoms with Crippen molar-refractivity contribution in [2.45, 2.75) is 50.2 Å². The van der Waals surface area contributed by atoms with E-state index in [0.717, 1.165) is 5.56 Å². The summed E-state index contributed by atoms with van der Waals surface area (Å²) in [5.41, 5.74) is 0.983. The van der Waals surface area contributed by atoms with E-state index in [0.29, 0.717) is 19.4 Å². The van der Waals surface area contributed by atoms with Crippen LogP contribution in [0.4, 0.5) is 4.39 Å². The molecule has 4 atom stereocenters. The molecular formula is C25H29FN2O5. The van der Waals surface area contributed by atoms with Crippen LogP contribution in [0.2, 0.25) is 0 Å². The molecule has 2 aliphatic heterocycles. The van der Waals surface area contributed by atoms with Crippen molar-refractivity contribution >= 4 is 11.8 Å². The molecule has 33 heavy (non-hydrogen) atoms. The second-order valence-corrected chi connectivity index (χ2v) is 8.54. The summed E-state index contributed by atoms with van der Waals surface area (Å²) in [7, 11) is 0. The predicted molar refractivity (Wildman–Crippen MR) is 119 cm³/mol. The molecule has 2 amide bonds. The van der Waals surface area contributed by atoms with E-state index in [1.54, 1.807) is 6.07 Å². The van der Waals surface area contributed by atoms with E-state index < -0.39 is 23.9 Å². The Morgan fingerprint density at radius 1 is 1.06 bits per heavy atom. The first-order chi connectivity index (χ1) is 16.0. The number of β-amino-alcohol motifs (C(OH)–C–C–N with tert-alkyl or cyclic N) is 1. The van der Waals surface area contributed by atoms with Crippen LogP contribution in [0.25, 0.3) is 0 Å². The average molecular weight is 457 g/mol. The maximum atomic E-state index is 14.3. The fraction of sp³-hybridized carbons (Fsp3) is 0.440. The molecule has 0 aromatic heterocycles. The third kappa shape index (κ3) is 5.96. The van der Waals surface area contributed by atoms with Gasteiger partial charge >= 0.3 is 0 Å². The number of halogens is 1. The number of amides is 2. The lowest BCUT2D eigenvalue weighted by Gasteiger charge is -2.44. The zero-order valence-electron chi connectivity index (χ0n) is 18.4. The summed E-state index contributed by atoms with van der Waals surface area (Å²) in [6.07, 6.45) is -0.299. The van der Waals surface area contributed by atoms with Crippen molar-refractivity contribution in [1.29, 1.82) is 0 Å². The van der Waals surface area contributed by atoms with Gasteiger partial charge in [0, 0.05) is 13.1 Å². The van der Waals surface area contributed by atoms with E-state index in [1.165, 1.54) is 23.1 Å². The molecule has 0 aliphatic carbocycles. The summed E-state index contributed by atoms with van der Waals surface area (Å²) in [6.45, 7) is 0.713. The number of hydrogen-bond acceptors (Lipinski definition) is 5. The van der Waals surface area contributed by atoms with Crippen molar-refractivity contribution < 1.29 is 28.6 Å². The van der Waals surface area contributed by atoms with Crippen LogP contribution >= 0.6 is 0 Å². The Kier molecular flexibility index (Phi) is 7.69. The van der Waals surface area contributed by atoms with Gasteiger partial charge in [-0.25, -0.2) is 4.39 Å². The number of benzene rings is 2. The van der Waals surface area contributed by atoms with Crippen LogP contribution in [-0.2, 0) is 20.8 Å². The summed E-state index contributed by atoms with van der Waals surface area (Å²) in [5, 5.41) is 13.2. The van der Waals surface area contributed by atoms with Crippen LogP contribution in [-0.4, -0.2) is 65.9 Å². The molecule has 0 radical (unpaired) electrons. The number of ether oxygens (including phenoxy) is 2. The largest absolute Gasteiger partial charge is 0.389 e. The quantitative estimate of drug-likeness (QED) is 0.721. The molecule has 8 heteroatoms. The number of hydrogen-bond donors (Lipinski definition) is 2. The van der Waals surface area contributed by atoms with Gasteiger partial charge < -0.3 is 24.8 Å². The smallest absolute Gasteiger partial charge is 0.257 e. The number of nitrogens with one attached hydrogen (secondary N) is 1. The van der Waals surface area contributed by atoms with Crippen molar-refractivity contribution in [2.24, 2.45) is 0 Å². The highest BCUT2D eigenvalue weighted by Crippen LogP contribution is 2.29. The van der Waals surface area contributed by atoms with Crippen molar-refractivity contribution in [1.82, 2.24) is 10.2 Å². The maximum Gasteiger partial charge on any atom is 0.257 e. The Bertz CT molecular complexity index is 957. The summed E-state index contributed by atoms with van der Waals surface area (Å²) in [4.78, 5) is 27.1. The first kappa shape index (κ1) is 23.4. The number of fused-ring (bicyclic) bond motifs is 1. The number of carbonyl (C=O) groups excluding carboxylic acids is 2. The van der Waals surface area contributed by atoms with Gasteiger partial charge in [0.25, 0.3) is 5.91 Å². The van der Waals surface area contributed by atoms with Gasteiger partial charge in [-0.3, -0.25) is 9.59 Å². The van der Waals surface area contributed by atoms with Crippen molar-refractivity contribution in [3.8, 4) is 0 Å². The summed E-state index contributed by atoms with van der Waals surface area (Å²) >= 11 is 0. The monoisotopic (exact) mass is 456 g/mol. The molecule has 2 aromatic rings. The molecule has 2 heterocycles. The van der Waals surface area contributed by atoms with Crippen molar-refractivity contribution in [3.05, 3.63) is 71.5 Å². The second kappa shape index (κ2) is 10.9. The molecule has 0 spiro atoms. The van der Waals surface area contributed by atoms with Gasteiger partial charge in [-0.15, -0.1) is 0 Å². The summed E-state index contributed by atoms with van der Waals surface area (Å²) in [5.74, 6) is -1.19. The summed E-state index contributed by atoms with van der Waals surface area (Å²) in [6, 6.07) is 15.1. The Hall–Kier alpha value is -2.81. The molecule has 2 fully saturated rings. The second-order valence-electron chi connectivity index (χ2n) is 8.54. The van der Waals surface area contributed by atoms with Crippen LogP contribution in [0, 0.1) is 5.82 Å². The van der Waals surface area contributed by atoms with Gasteiger partial charge in [0.1, 0.15) is 11.9 Å². The number of aliphatic hydroxyl groups is 1. The summed E-state index contributed by atoms with van der Waals surface area (Å²) < 4.78 is 26.0. The van der Waals surface area contributed by atoms with E-state index >= 15 is 0 Å². The standard InChI is InChI=1S/C25H29FN2O5/c26-21-9-5-4-8-20(21)25(31)28-14-18(29)15-32-16-23-22(28)11-10-19(33-23)12-24(30)27-13-17-6-2-1-3-7-17/h1-9,18-19,22-23,29H,10-16H2,(H,27,30)/t18-,19-,22+,23-/m0/s1. The predicted octanol–water partition coefficient (Wildman–Crippen LogP) is 2.28. The Balaban J connectivity index is 1.40. The average Bonchev–Trinajstić information content (AvgIpc) is 2.81. The fourth-order valence-electron chi connectivity index (χ4n) is 4.44. The molecule has 0 saturated carbocycles. The molecule has 2 N–H and O–H groups in total. The van der Waals surface area contributed by atoms with Gasteiger partial charge in [-0.2, -0.15) is 0 Å². The fourth-order valence-corrected chi connectivity index (χ4v) is 4.44. The topological polar surface area (TPSA) is 88.1 Å². The first-order valence-electron chi connectivity index (χ1n) is 11.3. The minimum Gasteiger partial charge on any atom is -0.389 e. The van der Waals surface area contributed by atoms with Crippen molar-refractivity contribution in [3.63, 3.8) is 0 Å². The van der Waals surface area contributed by atoms with E-state index in [4.69, 9.17) is 9.47 Å². The van der Waals surface area contributed by atoms with Gasteiger partial charge in [-0.05, 0) is 30.5 Å². The lowest BCUT2D eigenvalue weighted by atomic mass is 9.94. The molecule has 2 aromatic carbocycles. The minimum absolute atomic E-state index is 0.0277. The van der Waals surface area contributed by atoms with Gasteiger partial charge in [-0.1, -0.05) is 42.5 Å². The molecule has 0 bridgehead atoms. The molecular weight excluding hydrogens is 427 g/mol. The first-order valence-corrected chi connectivity index (χ1v) is 11.3. The molecule has 7 nitrogen and oxygen atoms in total. The highest BCUT2D eigenvalue weighted by Gasteiger charge is 2.40. The maximum absolute atomic E-state index is 14.3. The number of aliphatic hydroxyl groups excluding tert-OH is 1. The van der Waals surface area contributed by atoms with E-state index in [9.17, 15) is 19.1 Å². The number of rotatable bonds is 5. The third-order valence-electron chi connectivity index (χ3n) is 6.09. The Morgan fingerprint density at radius 2 is 1.82 bits per heavy atom. The lowest BCUT2D eigenvalue weighted by Crippen LogP contribution is -2.57.